The van der Waals surface area contributed by atoms with Crippen LogP contribution >= 0.6 is 0 Å². The Balaban J connectivity index is 1.76. The van der Waals surface area contributed by atoms with Crippen LogP contribution < -0.4 is 0 Å². The normalized spacial score (nSPS) is 10.5. The van der Waals surface area contributed by atoms with Crippen molar-refractivity contribution >= 4 is 6.03 Å². The summed E-state index contributed by atoms with van der Waals surface area (Å²) in [5.74, 6) is 0. The number of benzene rings is 1. The maximum Gasteiger partial charge on any atom is 0.344 e. The first-order valence-corrected chi connectivity index (χ1v) is 7.39. The van der Waals surface area contributed by atoms with E-state index in [-0.39, 0.29) is 6.03 Å². The molecule has 0 radical (unpaired) electrons. The predicted octanol–water partition coefficient (Wildman–Crippen LogP) is 3.35. The van der Waals surface area contributed by atoms with Gasteiger partial charge in [0.1, 0.15) is 0 Å². The SMILES string of the molecule is Cc1cnn(C(=O)N(C)Cc2cccc(-c3ccncc3)c2)c1. The molecule has 1 aromatic carbocycles. The van der Waals surface area contributed by atoms with Crippen LogP contribution in [0.25, 0.3) is 11.1 Å². The van der Waals surface area contributed by atoms with E-state index >= 15 is 0 Å². The number of carbonyl (C=O) groups excluding carboxylic acids is 1. The first-order valence-electron chi connectivity index (χ1n) is 7.39. The summed E-state index contributed by atoms with van der Waals surface area (Å²) >= 11 is 0. The lowest BCUT2D eigenvalue weighted by molar-refractivity contribution is 0.205. The maximum absolute atomic E-state index is 12.3. The maximum atomic E-state index is 12.3. The number of amides is 1. The van der Waals surface area contributed by atoms with Crippen molar-refractivity contribution in [3.8, 4) is 11.1 Å². The van der Waals surface area contributed by atoms with Crippen molar-refractivity contribution in [3.63, 3.8) is 0 Å². The lowest BCUT2D eigenvalue weighted by atomic mass is 10.0. The van der Waals surface area contributed by atoms with Gasteiger partial charge in [-0.05, 0) is 47.4 Å². The third-order valence-electron chi connectivity index (χ3n) is 3.59. The van der Waals surface area contributed by atoms with Crippen LogP contribution in [0.1, 0.15) is 11.1 Å². The van der Waals surface area contributed by atoms with Crippen molar-refractivity contribution in [3.05, 3.63) is 72.3 Å². The number of pyridine rings is 1. The van der Waals surface area contributed by atoms with Gasteiger partial charge in [-0.25, -0.2) is 4.79 Å². The second-order valence-electron chi connectivity index (χ2n) is 5.54. The summed E-state index contributed by atoms with van der Waals surface area (Å²) in [7, 11) is 1.78. The van der Waals surface area contributed by atoms with Crippen LogP contribution in [0.15, 0.2) is 61.2 Å². The minimum absolute atomic E-state index is 0.146. The standard InChI is InChI=1S/C18H18N4O/c1-14-11-20-22(12-14)18(23)21(2)13-15-4-3-5-17(10-15)16-6-8-19-9-7-16/h3-12H,13H2,1-2H3. The molecule has 5 heteroatoms. The van der Waals surface area contributed by atoms with Gasteiger partial charge in [0.25, 0.3) is 0 Å². The van der Waals surface area contributed by atoms with Crippen LogP contribution in [-0.4, -0.2) is 32.7 Å². The zero-order chi connectivity index (χ0) is 16.2. The molecule has 0 fully saturated rings. The van der Waals surface area contributed by atoms with Crippen molar-refractivity contribution in [1.29, 1.82) is 0 Å². The van der Waals surface area contributed by atoms with E-state index in [0.717, 1.165) is 22.3 Å². The van der Waals surface area contributed by atoms with Gasteiger partial charge in [-0.3, -0.25) is 4.98 Å². The molecule has 0 aliphatic rings. The van der Waals surface area contributed by atoms with Crippen LogP contribution in [0.3, 0.4) is 0 Å². The van der Waals surface area contributed by atoms with Crippen LogP contribution in [-0.2, 0) is 6.54 Å². The molecule has 0 spiro atoms. The summed E-state index contributed by atoms with van der Waals surface area (Å²) in [6.07, 6.45) is 6.96. The molecule has 3 rings (SSSR count). The molecule has 0 aliphatic heterocycles. The van der Waals surface area contributed by atoms with Crippen LogP contribution in [0.2, 0.25) is 0 Å². The molecule has 0 saturated heterocycles. The molecule has 0 atom stereocenters. The molecule has 1 amide bonds. The van der Waals surface area contributed by atoms with E-state index in [9.17, 15) is 4.79 Å². The molecule has 3 aromatic rings. The Hall–Kier alpha value is -2.95. The van der Waals surface area contributed by atoms with Gasteiger partial charge < -0.3 is 4.90 Å². The van der Waals surface area contributed by atoms with Crippen molar-refractivity contribution in [2.75, 3.05) is 7.05 Å². The molecule has 0 saturated carbocycles. The number of aromatic nitrogens is 3. The minimum Gasteiger partial charge on any atom is -0.322 e. The summed E-state index contributed by atoms with van der Waals surface area (Å²) in [6.45, 7) is 2.44. The number of hydrogen-bond donors (Lipinski definition) is 0. The van der Waals surface area contributed by atoms with Gasteiger partial charge in [0.2, 0.25) is 0 Å². The number of rotatable bonds is 3. The van der Waals surface area contributed by atoms with E-state index in [2.05, 4.69) is 22.2 Å². The topological polar surface area (TPSA) is 51.0 Å². The molecule has 23 heavy (non-hydrogen) atoms. The third-order valence-corrected chi connectivity index (χ3v) is 3.59. The van der Waals surface area contributed by atoms with Crippen molar-refractivity contribution in [2.24, 2.45) is 0 Å². The lowest BCUT2D eigenvalue weighted by Gasteiger charge is -2.17. The monoisotopic (exact) mass is 306 g/mol. The third kappa shape index (κ3) is 3.45. The van der Waals surface area contributed by atoms with E-state index in [0.29, 0.717) is 6.54 Å². The fraction of sp³-hybridized carbons (Fsp3) is 0.167. The fourth-order valence-electron chi connectivity index (χ4n) is 2.43. The summed E-state index contributed by atoms with van der Waals surface area (Å²) < 4.78 is 1.36. The first kappa shape index (κ1) is 15.0. The highest BCUT2D eigenvalue weighted by molar-refractivity contribution is 5.75. The highest BCUT2D eigenvalue weighted by Crippen LogP contribution is 2.20. The Morgan fingerprint density at radius 3 is 2.65 bits per heavy atom. The van der Waals surface area contributed by atoms with Crippen molar-refractivity contribution in [1.82, 2.24) is 19.7 Å². The minimum atomic E-state index is -0.146. The van der Waals surface area contributed by atoms with Gasteiger partial charge >= 0.3 is 6.03 Å². The number of carbonyl (C=O) groups is 1. The molecule has 5 nitrogen and oxygen atoms in total. The molecule has 2 aromatic heterocycles. The van der Waals surface area contributed by atoms with Gasteiger partial charge in [-0.15, -0.1) is 0 Å². The van der Waals surface area contributed by atoms with Gasteiger partial charge in [-0.2, -0.15) is 9.78 Å². The molecule has 0 bridgehead atoms. The molecule has 0 N–H and O–H groups in total. The summed E-state index contributed by atoms with van der Waals surface area (Å²) in [4.78, 5) is 18.0. The second-order valence-corrected chi connectivity index (χ2v) is 5.54. The molecule has 0 aliphatic carbocycles. The van der Waals surface area contributed by atoms with Gasteiger partial charge in [-0.1, -0.05) is 18.2 Å². The number of aryl methyl sites for hydroxylation is 1. The molecule has 0 unspecified atom stereocenters. The Bertz CT molecular complexity index is 811. The van der Waals surface area contributed by atoms with Crippen LogP contribution in [0, 0.1) is 6.92 Å². The highest BCUT2D eigenvalue weighted by atomic mass is 16.2. The largest absolute Gasteiger partial charge is 0.344 e. The van der Waals surface area contributed by atoms with E-state index < -0.39 is 0 Å². The highest BCUT2D eigenvalue weighted by Gasteiger charge is 2.12. The lowest BCUT2D eigenvalue weighted by Crippen LogP contribution is -2.30. The molecular weight excluding hydrogens is 288 g/mol. The molecular formula is C18H18N4O. The van der Waals surface area contributed by atoms with E-state index in [1.54, 1.807) is 36.7 Å². The Morgan fingerprint density at radius 2 is 1.96 bits per heavy atom. The average molecular weight is 306 g/mol. The molecule has 2 heterocycles. The summed E-state index contributed by atoms with van der Waals surface area (Å²) in [6, 6.07) is 12.0. The summed E-state index contributed by atoms with van der Waals surface area (Å²) in [5, 5.41) is 4.06. The fourth-order valence-corrected chi connectivity index (χ4v) is 2.43. The van der Waals surface area contributed by atoms with Gasteiger partial charge in [0.05, 0.1) is 6.20 Å². The zero-order valence-corrected chi connectivity index (χ0v) is 13.2. The molecule has 116 valence electrons. The average Bonchev–Trinajstić information content (AvgIpc) is 3.01. The first-order chi connectivity index (χ1) is 11.1. The number of nitrogens with zero attached hydrogens (tertiary/aromatic N) is 4. The smallest absolute Gasteiger partial charge is 0.322 e. The van der Waals surface area contributed by atoms with Gasteiger partial charge in [0.15, 0.2) is 0 Å². The van der Waals surface area contributed by atoms with Gasteiger partial charge in [0, 0.05) is 32.2 Å². The van der Waals surface area contributed by atoms with Crippen molar-refractivity contribution < 1.29 is 4.79 Å². The number of hydrogen-bond acceptors (Lipinski definition) is 3. The van der Waals surface area contributed by atoms with Crippen LogP contribution in [0.4, 0.5) is 4.79 Å². The quantitative estimate of drug-likeness (QED) is 0.745. The van der Waals surface area contributed by atoms with E-state index in [1.165, 1.54) is 4.68 Å². The Kier molecular flexibility index (Phi) is 4.19. The van der Waals surface area contributed by atoms with Crippen molar-refractivity contribution in [2.45, 2.75) is 13.5 Å². The van der Waals surface area contributed by atoms with Crippen LogP contribution in [0.5, 0.6) is 0 Å². The summed E-state index contributed by atoms with van der Waals surface area (Å²) in [5.41, 5.74) is 4.25. The Morgan fingerprint density at radius 1 is 1.17 bits per heavy atom. The Labute approximate surface area is 135 Å². The predicted molar refractivity (Wildman–Crippen MR) is 88.9 cm³/mol. The zero-order valence-electron chi connectivity index (χ0n) is 13.2. The van der Waals surface area contributed by atoms with E-state index in [1.807, 2.05) is 31.2 Å². The second kappa shape index (κ2) is 6.44. The van der Waals surface area contributed by atoms with E-state index in [4.69, 9.17) is 0 Å².